The minimum absolute atomic E-state index is 0.0895. The normalized spacial score (nSPS) is 19.1. The van der Waals surface area contributed by atoms with Gasteiger partial charge in [-0.15, -0.1) is 0 Å². The average molecular weight is 457 g/mol. The van der Waals surface area contributed by atoms with E-state index in [0.29, 0.717) is 11.3 Å². The number of nitrogens with zero attached hydrogens (tertiary/aromatic N) is 3. The molecule has 0 aromatic heterocycles. The maximum atomic E-state index is 13.3. The zero-order chi connectivity index (χ0) is 24.0. The van der Waals surface area contributed by atoms with E-state index < -0.39 is 28.8 Å². The third kappa shape index (κ3) is 3.29. The molecule has 9 nitrogen and oxygen atoms in total. The van der Waals surface area contributed by atoms with E-state index in [2.05, 4.69) is 0 Å². The number of rotatable bonds is 6. The second-order valence-electron chi connectivity index (χ2n) is 8.08. The highest BCUT2D eigenvalue weighted by Gasteiger charge is 2.56. The van der Waals surface area contributed by atoms with E-state index in [1.54, 1.807) is 60.5 Å². The molecule has 0 N–H and O–H groups in total. The van der Waals surface area contributed by atoms with Crippen LogP contribution in [0, 0.1) is 10.1 Å². The monoisotopic (exact) mass is 457 g/mol. The molecule has 0 radical (unpaired) electrons. The molecule has 2 heterocycles. The molecule has 3 amide bonds. The number of imide groups is 1. The van der Waals surface area contributed by atoms with Crippen LogP contribution in [-0.4, -0.2) is 45.6 Å². The Morgan fingerprint density at radius 1 is 0.853 bits per heavy atom. The van der Waals surface area contributed by atoms with Crippen molar-refractivity contribution >= 4 is 23.4 Å². The molecule has 2 aliphatic heterocycles. The summed E-state index contributed by atoms with van der Waals surface area (Å²) in [7, 11) is 1.56. The highest BCUT2D eigenvalue weighted by molar-refractivity contribution is 6.23. The Labute approximate surface area is 194 Å². The number of nitro benzene ring substituents is 1. The minimum atomic E-state index is -1.04. The summed E-state index contributed by atoms with van der Waals surface area (Å²) >= 11 is 0. The van der Waals surface area contributed by atoms with Gasteiger partial charge in [-0.3, -0.25) is 29.4 Å². The van der Waals surface area contributed by atoms with Crippen molar-refractivity contribution < 1.29 is 24.0 Å². The van der Waals surface area contributed by atoms with Crippen molar-refractivity contribution in [1.82, 2.24) is 9.80 Å². The summed E-state index contributed by atoms with van der Waals surface area (Å²) in [6, 6.07) is 17.8. The van der Waals surface area contributed by atoms with E-state index in [0.717, 1.165) is 10.5 Å². The van der Waals surface area contributed by atoms with Crippen molar-refractivity contribution in [1.29, 1.82) is 0 Å². The first-order valence-corrected chi connectivity index (χ1v) is 10.6. The predicted octanol–water partition coefficient (Wildman–Crippen LogP) is 3.35. The lowest BCUT2D eigenvalue weighted by atomic mass is 9.86. The van der Waals surface area contributed by atoms with Crippen LogP contribution in [0.15, 0.2) is 72.8 Å². The van der Waals surface area contributed by atoms with Gasteiger partial charge in [0.05, 0.1) is 29.2 Å². The minimum Gasteiger partial charge on any atom is -0.497 e. The fraction of sp³-hybridized carbons (Fsp3) is 0.160. The molecule has 3 aromatic carbocycles. The number of non-ortho nitro benzene ring substituents is 1. The molecule has 2 aliphatic rings. The van der Waals surface area contributed by atoms with Crippen molar-refractivity contribution in [2.45, 2.75) is 18.6 Å². The second-order valence-corrected chi connectivity index (χ2v) is 8.08. The van der Waals surface area contributed by atoms with Gasteiger partial charge in [-0.25, -0.2) is 0 Å². The van der Waals surface area contributed by atoms with Crippen molar-refractivity contribution in [3.05, 3.63) is 105 Å². The highest BCUT2D eigenvalue weighted by Crippen LogP contribution is 2.42. The predicted molar refractivity (Wildman–Crippen MR) is 120 cm³/mol. The smallest absolute Gasteiger partial charge is 0.269 e. The first-order chi connectivity index (χ1) is 16.4. The van der Waals surface area contributed by atoms with Crippen LogP contribution in [0.25, 0.3) is 0 Å². The van der Waals surface area contributed by atoms with E-state index >= 15 is 0 Å². The molecule has 170 valence electrons. The van der Waals surface area contributed by atoms with Crippen LogP contribution in [0.1, 0.15) is 37.9 Å². The number of nitro groups is 1. The van der Waals surface area contributed by atoms with Crippen molar-refractivity contribution in [2.24, 2.45) is 0 Å². The summed E-state index contributed by atoms with van der Waals surface area (Å²) in [4.78, 5) is 52.6. The van der Waals surface area contributed by atoms with Crippen LogP contribution in [-0.2, 0) is 11.3 Å². The second kappa shape index (κ2) is 8.11. The Kier molecular flexibility index (Phi) is 5.09. The number of carbonyl (C=O) groups is 3. The molecule has 0 spiro atoms. The number of carbonyl (C=O) groups excluding carboxylic acids is 3. The van der Waals surface area contributed by atoms with Gasteiger partial charge in [-0.2, -0.15) is 0 Å². The largest absolute Gasteiger partial charge is 0.497 e. The van der Waals surface area contributed by atoms with Crippen LogP contribution in [0.5, 0.6) is 5.75 Å². The van der Waals surface area contributed by atoms with E-state index in [1.165, 1.54) is 12.1 Å². The summed E-state index contributed by atoms with van der Waals surface area (Å²) < 4.78 is 5.18. The van der Waals surface area contributed by atoms with Crippen LogP contribution < -0.4 is 4.74 Å². The summed E-state index contributed by atoms with van der Waals surface area (Å²) in [5.41, 5.74) is 1.86. The number of hydrogen-bond acceptors (Lipinski definition) is 6. The van der Waals surface area contributed by atoms with Gasteiger partial charge in [0.2, 0.25) is 5.91 Å². The van der Waals surface area contributed by atoms with Crippen LogP contribution >= 0.6 is 0 Å². The Bertz CT molecular complexity index is 1280. The number of fused-ring (bicyclic) bond motifs is 1. The summed E-state index contributed by atoms with van der Waals surface area (Å²) in [6.07, 6.45) is 0. The Morgan fingerprint density at radius 2 is 1.44 bits per heavy atom. The zero-order valence-electron chi connectivity index (χ0n) is 18.1. The molecular weight excluding hydrogens is 438 g/mol. The van der Waals surface area contributed by atoms with Crippen LogP contribution in [0.3, 0.4) is 0 Å². The molecule has 1 fully saturated rings. The highest BCUT2D eigenvalue weighted by atomic mass is 16.6. The molecule has 3 aromatic rings. The average Bonchev–Trinajstić information content (AvgIpc) is 3.11. The molecule has 2 unspecified atom stereocenters. The summed E-state index contributed by atoms with van der Waals surface area (Å²) in [6.45, 7) is 0.240. The first-order valence-electron chi connectivity index (χ1n) is 10.6. The fourth-order valence-electron chi connectivity index (χ4n) is 4.50. The van der Waals surface area contributed by atoms with E-state index in [9.17, 15) is 24.5 Å². The summed E-state index contributed by atoms with van der Waals surface area (Å²) in [5, 5.41) is 11.1. The quantitative estimate of drug-likeness (QED) is 0.243. The van der Waals surface area contributed by atoms with Crippen molar-refractivity contribution in [2.75, 3.05) is 7.11 Å². The van der Waals surface area contributed by atoms with Crippen LogP contribution in [0.4, 0.5) is 5.69 Å². The number of β-lactam (4-membered cyclic amide) rings is 1. The molecule has 0 aliphatic carbocycles. The fourth-order valence-corrected chi connectivity index (χ4v) is 4.50. The molecule has 5 rings (SSSR count). The van der Waals surface area contributed by atoms with Gasteiger partial charge < -0.3 is 9.64 Å². The molecule has 2 atom stereocenters. The van der Waals surface area contributed by atoms with E-state index in [1.807, 2.05) is 12.1 Å². The van der Waals surface area contributed by atoms with Gasteiger partial charge in [0.25, 0.3) is 17.5 Å². The lowest BCUT2D eigenvalue weighted by molar-refractivity contribution is -0.384. The number of likely N-dealkylation sites (tertiary alicyclic amines) is 1. The third-order valence-corrected chi connectivity index (χ3v) is 6.23. The Morgan fingerprint density at radius 3 is 1.97 bits per heavy atom. The van der Waals surface area contributed by atoms with Crippen LogP contribution in [0.2, 0.25) is 0 Å². The molecule has 34 heavy (non-hydrogen) atoms. The van der Waals surface area contributed by atoms with Gasteiger partial charge in [0.15, 0.2) is 0 Å². The summed E-state index contributed by atoms with van der Waals surface area (Å²) in [5.74, 6) is -0.729. The topological polar surface area (TPSA) is 110 Å². The molecule has 0 bridgehead atoms. The Hall–Kier alpha value is -4.53. The van der Waals surface area contributed by atoms with Gasteiger partial charge in [0.1, 0.15) is 11.8 Å². The number of methoxy groups -OCH3 is 1. The van der Waals surface area contributed by atoms with Crippen molar-refractivity contribution in [3.63, 3.8) is 0 Å². The Balaban J connectivity index is 1.50. The zero-order valence-corrected chi connectivity index (χ0v) is 18.1. The first kappa shape index (κ1) is 21.3. The SMILES string of the molecule is COc1ccc(CN2C(=O)C(N3C(=O)c4ccccc4C3=O)C2c2ccc([N+](=O)[O-])cc2)cc1. The lowest BCUT2D eigenvalue weighted by Gasteiger charge is -2.50. The van der Waals surface area contributed by atoms with Gasteiger partial charge in [-0.1, -0.05) is 36.4 Å². The third-order valence-electron chi connectivity index (χ3n) is 6.23. The van der Waals surface area contributed by atoms with Gasteiger partial charge in [-0.05, 0) is 35.4 Å². The number of benzene rings is 3. The molecule has 9 heteroatoms. The number of amides is 3. The molecule has 0 saturated carbocycles. The number of ether oxygens (including phenoxy) is 1. The van der Waals surface area contributed by atoms with Crippen molar-refractivity contribution in [3.8, 4) is 5.75 Å². The molecule has 1 saturated heterocycles. The number of hydrogen-bond donors (Lipinski definition) is 0. The maximum absolute atomic E-state index is 13.3. The van der Waals surface area contributed by atoms with Gasteiger partial charge in [0, 0.05) is 18.7 Å². The molecular formula is C25H19N3O6. The maximum Gasteiger partial charge on any atom is 0.269 e. The van der Waals surface area contributed by atoms with E-state index in [4.69, 9.17) is 4.74 Å². The van der Waals surface area contributed by atoms with E-state index in [-0.39, 0.29) is 29.3 Å². The lowest BCUT2D eigenvalue weighted by Crippen LogP contribution is -2.66. The standard InChI is InChI=1S/C25H19N3O6/c1-34-18-12-6-15(7-13-18)14-26-21(16-8-10-17(11-9-16)28(32)33)22(25(26)31)27-23(29)19-4-2-3-5-20(19)24(27)30/h2-13,21-22H,14H2,1H3. The van der Waals surface area contributed by atoms with Gasteiger partial charge >= 0.3 is 0 Å².